The Hall–Kier alpha value is -2.83. The number of carbonyl (C=O) groups excluding carboxylic acids is 1. The molecule has 1 amide bonds. The van der Waals surface area contributed by atoms with E-state index in [1.807, 2.05) is 6.08 Å². The Morgan fingerprint density at radius 1 is 0.544 bits per heavy atom. The summed E-state index contributed by atoms with van der Waals surface area (Å²) in [7, 11) is 0. The molecule has 14 nitrogen and oxygen atoms in total. The third-order valence-electron chi connectivity index (χ3n) is 12.0. The Bertz CT molecular complexity index is 1460. The molecule has 2 fully saturated rings. The molecule has 12 unspecified atom stereocenters. The molecule has 9 N–H and O–H groups in total. The molecule has 68 heavy (non-hydrogen) atoms. The average molecular weight is 962 g/mol. The molecule has 2 saturated heterocycles. The zero-order valence-corrected chi connectivity index (χ0v) is 41.3. The quantitative estimate of drug-likeness (QED) is 0.0225. The van der Waals surface area contributed by atoms with Crippen molar-refractivity contribution >= 4 is 5.91 Å². The number of rotatable bonds is 38. The first kappa shape index (κ1) is 61.3. The molecular weight excluding hydrogens is 871 g/mol. The van der Waals surface area contributed by atoms with Crippen LogP contribution in [0.5, 0.6) is 0 Å². The van der Waals surface area contributed by atoms with Crippen molar-refractivity contribution in [1.29, 1.82) is 0 Å². The summed E-state index contributed by atoms with van der Waals surface area (Å²) in [5, 5.41) is 86.4. The standard InChI is InChI=1S/C54H91NO13/c1-3-5-7-9-11-12-13-14-15-16-17-18-19-20-21-22-23-24-25-26-27-28-29-30-32-34-36-38-46(59)55-42(43(58)37-35-33-31-10-8-6-4-2)41-65-53-51(64)49(62)52(45(40-57)67-53)68-54-50(63)48(61)47(60)44(39-56)66-54/h5,7-8,10-12,14-15,17-18,20-21,35,37,42-45,47-54,56-58,60-64H,3-4,6,9,13,16,19,22-34,36,38-41H2,1-2H3,(H,55,59)/b7-5-,10-8+,12-11-,15-14-,18-17-,21-20-,37-35+. The number of hydrogen-bond donors (Lipinski definition) is 9. The molecule has 12 atom stereocenters. The van der Waals surface area contributed by atoms with Gasteiger partial charge >= 0.3 is 0 Å². The van der Waals surface area contributed by atoms with Gasteiger partial charge in [0.2, 0.25) is 5.91 Å². The maximum Gasteiger partial charge on any atom is 0.220 e. The Morgan fingerprint density at radius 2 is 1.03 bits per heavy atom. The monoisotopic (exact) mass is 962 g/mol. The molecule has 2 aliphatic rings. The fourth-order valence-electron chi connectivity index (χ4n) is 7.87. The van der Waals surface area contributed by atoms with Gasteiger partial charge in [-0.2, -0.15) is 0 Å². The zero-order chi connectivity index (χ0) is 49.6. The molecular formula is C54H91NO13. The van der Waals surface area contributed by atoms with Crippen LogP contribution in [0, 0.1) is 0 Å². The highest BCUT2D eigenvalue weighted by Gasteiger charge is 2.51. The van der Waals surface area contributed by atoms with Crippen molar-refractivity contribution in [3.63, 3.8) is 0 Å². The van der Waals surface area contributed by atoms with Gasteiger partial charge in [-0.05, 0) is 70.6 Å². The lowest BCUT2D eigenvalue weighted by Gasteiger charge is -2.46. The maximum atomic E-state index is 13.1. The minimum Gasteiger partial charge on any atom is -0.394 e. The van der Waals surface area contributed by atoms with Crippen molar-refractivity contribution in [3.05, 3.63) is 85.1 Å². The Balaban J connectivity index is 1.69. The highest BCUT2D eigenvalue weighted by atomic mass is 16.7. The molecule has 14 heteroatoms. The summed E-state index contributed by atoms with van der Waals surface area (Å²) < 4.78 is 22.6. The van der Waals surface area contributed by atoms with Crippen LogP contribution >= 0.6 is 0 Å². The van der Waals surface area contributed by atoms with E-state index >= 15 is 0 Å². The lowest BCUT2D eigenvalue weighted by Crippen LogP contribution is -2.65. The first-order valence-electron chi connectivity index (χ1n) is 25.8. The maximum absolute atomic E-state index is 13.1. The van der Waals surface area contributed by atoms with Gasteiger partial charge in [-0.15, -0.1) is 0 Å². The second-order valence-electron chi connectivity index (χ2n) is 17.9. The molecule has 0 aromatic carbocycles. The minimum absolute atomic E-state index is 0.263. The third-order valence-corrected chi connectivity index (χ3v) is 12.0. The van der Waals surface area contributed by atoms with Crippen LogP contribution in [0.15, 0.2) is 85.1 Å². The van der Waals surface area contributed by atoms with Gasteiger partial charge in [0.25, 0.3) is 0 Å². The summed E-state index contributed by atoms with van der Waals surface area (Å²) in [6, 6.07) is -0.934. The second kappa shape index (κ2) is 39.8. The molecule has 2 heterocycles. The van der Waals surface area contributed by atoms with E-state index in [9.17, 15) is 45.6 Å². The summed E-state index contributed by atoms with van der Waals surface area (Å²) in [6.07, 6.45) is 35.3. The summed E-state index contributed by atoms with van der Waals surface area (Å²) in [5.74, 6) is -0.263. The molecule has 2 rings (SSSR count). The van der Waals surface area contributed by atoms with E-state index in [0.29, 0.717) is 12.8 Å². The molecule has 2 aliphatic heterocycles. The van der Waals surface area contributed by atoms with E-state index in [4.69, 9.17) is 18.9 Å². The van der Waals surface area contributed by atoms with Gasteiger partial charge in [0.05, 0.1) is 32.0 Å². The van der Waals surface area contributed by atoms with E-state index in [2.05, 4.69) is 92.1 Å². The van der Waals surface area contributed by atoms with Gasteiger partial charge in [0.1, 0.15) is 48.8 Å². The van der Waals surface area contributed by atoms with Crippen LogP contribution in [0.1, 0.15) is 155 Å². The van der Waals surface area contributed by atoms with Gasteiger partial charge in [-0.3, -0.25) is 4.79 Å². The minimum atomic E-state index is -1.79. The first-order chi connectivity index (χ1) is 33.1. The van der Waals surface area contributed by atoms with Crippen LogP contribution in [0.3, 0.4) is 0 Å². The van der Waals surface area contributed by atoms with Gasteiger partial charge in [-0.25, -0.2) is 0 Å². The largest absolute Gasteiger partial charge is 0.394 e. The zero-order valence-electron chi connectivity index (χ0n) is 41.3. The van der Waals surface area contributed by atoms with Crippen molar-refractivity contribution in [2.75, 3.05) is 19.8 Å². The first-order valence-corrected chi connectivity index (χ1v) is 25.8. The number of carbonyl (C=O) groups is 1. The highest BCUT2D eigenvalue weighted by Crippen LogP contribution is 2.30. The molecule has 0 aromatic rings. The van der Waals surface area contributed by atoms with E-state index in [1.54, 1.807) is 6.08 Å². The normalized spacial score (nSPS) is 27.1. The van der Waals surface area contributed by atoms with Gasteiger partial charge in [-0.1, -0.05) is 163 Å². The van der Waals surface area contributed by atoms with Crippen molar-refractivity contribution in [3.8, 4) is 0 Å². The van der Waals surface area contributed by atoms with Crippen LogP contribution in [0.25, 0.3) is 0 Å². The number of aliphatic hydroxyl groups is 8. The Morgan fingerprint density at radius 3 is 1.60 bits per heavy atom. The van der Waals surface area contributed by atoms with Crippen molar-refractivity contribution in [2.45, 2.75) is 229 Å². The van der Waals surface area contributed by atoms with E-state index in [0.717, 1.165) is 77.0 Å². The van der Waals surface area contributed by atoms with E-state index in [-0.39, 0.29) is 18.9 Å². The van der Waals surface area contributed by atoms with Crippen molar-refractivity contribution in [2.24, 2.45) is 0 Å². The number of hydrogen-bond acceptors (Lipinski definition) is 13. The second-order valence-corrected chi connectivity index (χ2v) is 17.9. The molecule has 0 aromatic heterocycles. The smallest absolute Gasteiger partial charge is 0.220 e. The number of nitrogens with one attached hydrogen (secondary N) is 1. The molecule has 0 saturated carbocycles. The number of allylic oxidation sites excluding steroid dienone is 13. The Kier molecular flexibility index (Phi) is 35.9. The number of aliphatic hydroxyl groups excluding tert-OH is 8. The molecule has 0 aliphatic carbocycles. The summed E-state index contributed by atoms with van der Waals surface area (Å²) in [6.45, 7) is 2.51. The van der Waals surface area contributed by atoms with Crippen molar-refractivity contribution < 1.29 is 64.6 Å². The molecule has 0 spiro atoms. The predicted molar refractivity (Wildman–Crippen MR) is 267 cm³/mol. The predicted octanol–water partition coefficient (Wildman–Crippen LogP) is 6.99. The summed E-state index contributed by atoms with van der Waals surface area (Å²) in [4.78, 5) is 13.1. The topological polar surface area (TPSA) is 228 Å². The van der Waals surface area contributed by atoms with Crippen LogP contribution in [0.2, 0.25) is 0 Å². The number of ether oxygens (including phenoxy) is 4. The summed E-state index contributed by atoms with van der Waals surface area (Å²) >= 11 is 0. The van der Waals surface area contributed by atoms with Crippen LogP contribution < -0.4 is 5.32 Å². The molecule has 390 valence electrons. The third kappa shape index (κ3) is 26.4. The molecule has 0 bridgehead atoms. The van der Waals surface area contributed by atoms with Gasteiger partial charge in [0, 0.05) is 6.42 Å². The van der Waals surface area contributed by atoms with Gasteiger partial charge < -0.3 is 65.1 Å². The average Bonchev–Trinajstić information content (AvgIpc) is 3.34. The molecule has 0 radical (unpaired) electrons. The lowest BCUT2D eigenvalue weighted by atomic mass is 9.97. The van der Waals surface area contributed by atoms with Crippen LogP contribution in [0.4, 0.5) is 0 Å². The lowest BCUT2D eigenvalue weighted by molar-refractivity contribution is -0.359. The number of unbranched alkanes of at least 4 members (excludes halogenated alkanes) is 13. The van der Waals surface area contributed by atoms with E-state index in [1.165, 1.54) is 44.9 Å². The highest BCUT2D eigenvalue weighted by molar-refractivity contribution is 5.76. The Labute approximate surface area is 408 Å². The van der Waals surface area contributed by atoms with E-state index < -0.39 is 86.8 Å². The van der Waals surface area contributed by atoms with Crippen molar-refractivity contribution in [1.82, 2.24) is 5.32 Å². The SMILES string of the molecule is CC/C=C\C/C=C\C/C=C\C/C=C\C/C=C\CCCCCCCCCCCCCC(=O)NC(COC1OC(CO)C(OC2OC(CO)C(O)C(O)C2O)C(O)C1O)C(O)/C=C/CC/C=C/CCC. The number of amides is 1. The fraction of sp³-hybridized carbons (Fsp3) is 0.722. The fourth-order valence-corrected chi connectivity index (χ4v) is 7.87. The summed E-state index contributed by atoms with van der Waals surface area (Å²) in [5.41, 5.74) is 0. The van der Waals surface area contributed by atoms with Crippen LogP contribution in [-0.2, 0) is 23.7 Å². The van der Waals surface area contributed by atoms with Gasteiger partial charge in [0.15, 0.2) is 12.6 Å². The van der Waals surface area contributed by atoms with Crippen LogP contribution in [-0.4, -0.2) is 140 Å².